The summed E-state index contributed by atoms with van der Waals surface area (Å²) in [6.07, 6.45) is 1.01. The fraction of sp³-hybridized carbons (Fsp3) is 0.493. The van der Waals surface area contributed by atoms with E-state index < -0.39 is 168 Å². The van der Waals surface area contributed by atoms with E-state index in [0.29, 0.717) is 11.1 Å². The van der Waals surface area contributed by atoms with Crippen LogP contribution in [0.15, 0.2) is 97.1 Å². The molecule has 0 radical (unpaired) electrons. The van der Waals surface area contributed by atoms with E-state index in [1.54, 1.807) is 93.8 Å². The van der Waals surface area contributed by atoms with Crippen LogP contribution in [0.3, 0.4) is 0 Å². The molecule has 26 heteroatoms. The fourth-order valence-electron chi connectivity index (χ4n) is 10.8. The third-order valence-electron chi connectivity index (χ3n) is 16.7. The van der Waals surface area contributed by atoms with Crippen LogP contribution in [0.2, 0.25) is 0 Å². The minimum atomic E-state index is -1.72. The maximum absolute atomic E-state index is 15.1. The van der Waals surface area contributed by atoms with Gasteiger partial charge in [-0.3, -0.25) is 47.9 Å². The molecule has 0 aromatic heterocycles. The molecule has 2 aliphatic heterocycles. The molecule has 2 aliphatic rings. The molecule has 10 amide bonds. The lowest BCUT2D eigenvalue weighted by Crippen LogP contribution is -2.67. The number of rotatable bonds is 15. The quantitative estimate of drug-likeness (QED) is 0.0747. The Bertz CT molecular complexity index is 3450. The second kappa shape index (κ2) is 32.8. The summed E-state index contributed by atoms with van der Waals surface area (Å²) in [4.78, 5) is 171. The normalized spacial score (nSPS) is 22.2. The molecule has 4 aromatic rings. The molecule has 502 valence electrons. The third kappa shape index (κ3) is 20.6. The Kier molecular flexibility index (Phi) is 25.7. The number of hydrogen-bond acceptors (Lipinski definition) is 14. The van der Waals surface area contributed by atoms with Crippen LogP contribution in [-0.2, 0) is 70.4 Å². The number of likely N-dealkylation sites (N-methyl/N-ethyl adjacent to an activating group) is 2. The zero-order chi connectivity index (χ0) is 68.5. The van der Waals surface area contributed by atoms with Crippen molar-refractivity contribution in [2.75, 3.05) is 40.3 Å². The maximum atomic E-state index is 15.1. The predicted molar refractivity (Wildman–Crippen MR) is 347 cm³/mol. The fourth-order valence-corrected chi connectivity index (χ4v) is 10.8. The molecule has 6 rings (SSSR count). The minimum Gasteiger partial charge on any atom is -0.480 e. The highest BCUT2D eigenvalue weighted by Crippen LogP contribution is 2.26. The number of benzene rings is 4. The molecule has 0 spiro atoms. The number of nitrogens with zero attached hydrogens (tertiary/aromatic N) is 2. The van der Waals surface area contributed by atoms with E-state index in [2.05, 4.69) is 53.2 Å². The van der Waals surface area contributed by atoms with Crippen LogP contribution in [0.5, 0.6) is 0 Å². The zero-order valence-electron chi connectivity index (χ0n) is 54.5. The van der Waals surface area contributed by atoms with Crippen molar-refractivity contribution in [1.29, 1.82) is 0 Å². The Morgan fingerprint density at radius 3 is 1.56 bits per heavy atom. The number of carboxylic acid groups (broad SMARTS) is 2. The molecule has 1 saturated heterocycles. The first-order chi connectivity index (χ1) is 43.9. The van der Waals surface area contributed by atoms with Crippen LogP contribution in [0, 0.1) is 10.8 Å². The lowest BCUT2D eigenvalue weighted by Gasteiger charge is -2.44. The summed E-state index contributed by atoms with van der Waals surface area (Å²) in [6.45, 7) is 11.9. The second-order valence-corrected chi connectivity index (χ2v) is 25.9. The summed E-state index contributed by atoms with van der Waals surface area (Å²) >= 11 is 0. The first kappa shape index (κ1) is 72.8. The Hall–Kier alpha value is -9.30. The van der Waals surface area contributed by atoms with Gasteiger partial charge in [0.05, 0.1) is 25.2 Å². The molecule has 1 fully saturated rings. The largest absolute Gasteiger partial charge is 0.480 e. The van der Waals surface area contributed by atoms with Crippen molar-refractivity contribution in [3.63, 3.8) is 0 Å². The Labute approximate surface area is 541 Å². The molecule has 2 heterocycles. The van der Waals surface area contributed by atoms with Crippen LogP contribution >= 0.6 is 0 Å². The van der Waals surface area contributed by atoms with Crippen molar-refractivity contribution in [3.05, 3.63) is 108 Å². The van der Waals surface area contributed by atoms with Gasteiger partial charge in [-0.05, 0) is 97.1 Å². The van der Waals surface area contributed by atoms with Gasteiger partial charge < -0.3 is 73.2 Å². The van der Waals surface area contributed by atoms with E-state index in [1.165, 1.54) is 22.0 Å². The van der Waals surface area contributed by atoms with E-state index in [1.807, 2.05) is 60.7 Å². The molecule has 0 saturated carbocycles. The molecular weight excluding hydrogens is 1200 g/mol. The number of nitrogens with one attached hydrogen (secondary N) is 10. The molecule has 26 nitrogen and oxygen atoms in total. The number of carbonyl (C=O) groups is 12. The molecule has 0 aliphatic carbocycles. The molecule has 4 aromatic carbocycles. The summed E-state index contributed by atoms with van der Waals surface area (Å²) < 4.78 is 0. The van der Waals surface area contributed by atoms with Crippen LogP contribution in [0.4, 0.5) is 0 Å². The van der Waals surface area contributed by atoms with Gasteiger partial charge in [-0.15, -0.1) is 0 Å². The Morgan fingerprint density at radius 1 is 0.581 bits per heavy atom. The summed E-state index contributed by atoms with van der Waals surface area (Å²) in [7, 11) is 3.13. The second-order valence-electron chi connectivity index (χ2n) is 25.9. The summed E-state index contributed by atoms with van der Waals surface area (Å²) in [5.41, 5.74) is -0.765. The molecule has 0 unspecified atom stereocenters. The van der Waals surface area contributed by atoms with E-state index in [4.69, 9.17) is 0 Å². The molecule has 2 bridgehead atoms. The number of carbonyl (C=O) groups excluding carboxylic acids is 10. The highest BCUT2D eigenvalue weighted by atomic mass is 16.4. The maximum Gasteiger partial charge on any atom is 0.326 e. The average Bonchev–Trinajstić information content (AvgIpc) is 0.850. The summed E-state index contributed by atoms with van der Waals surface area (Å²) in [5, 5.41) is 51.4. The number of allylic oxidation sites excluding steroid dienone is 1. The predicted octanol–water partition coefficient (Wildman–Crippen LogP) is 1.32. The SMILES string of the molecule is CN[C@@H](C)C(=O)N[C@H](C(=O)N[C@H]1C/C=C\CC[C@@H](C(=O)O)NC(=O)[C@H](Cc2ccc3ccccc3c2)NC(=O)[C@@H]2CN(CCN2C(=O)[C@@H](NC(=O)[C@H](C)NC)C(C)(C)C)C(=O)CNC(=O)CC[C@@H](C(=O)O)NC(=O)[C@H](Cc2ccc3ccccc3c2)NC1=O)C(C)(C)C. The summed E-state index contributed by atoms with van der Waals surface area (Å²) in [5.74, 6) is -10.7. The number of aliphatic carboxylic acids is 2. The van der Waals surface area contributed by atoms with Crippen molar-refractivity contribution in [2.45, 2.75) is 161 Å². The first-order valence-electron chi connectivity index (χ1n) is 31.3. The average molecular weight is 1290 g/mol. The number of piperazine rings is 1. The van der Waals surface area contributed by atoms with Crippen molar-refractivity contribution in [3.8, 4) is 0 Å². The van der Waals surface area contributed by atoms with Crippen LogP contribution in [-0.4, -0.2) is 192 Å². The molecule has 93 heavy (non-hydrogen) atoms. The van der Waals surface area contributed by atoms with Gasteiger partial charge in [-0.2, -0.15) is 0 Å². The zero-order valence-corrected chi connectivity index (χ0v) is 54.5. The number of fused-ring (bicyclic) bond motifs is 4. The van der Waals surface area contributed by atoms with Crippen LogP contribution in [0.1, 0.15) is 98.6 Å². The molecule has 10 atom stereocenters. The van der Waals surface area contributed by atoms with Gasteiger partial charge >= 0.3 is 11.9 Å². The number of amides is 10. The summed E-state index contributed by atoms with van der Waals surface area (Å²) in [6, 6.07) is 12.2. The lowest BCUT2D eigenvalue weighted by molar-refractivity contribution is -0.152. The van der Waals surface area contributed by atoms with Gasteiger partial charge in [0.15, 0.2) is 0 Å². The van der Waals surface area contributed by atoms with Crippen molar-refractivity contribution >= 4 is 92.6 Å². The lowest BCUT2D eigenvalue weighted by atomic mass is 9.85. The Morgan fingerprint density at radius 2 is 1.06 bits per heavy atom. The minimum absolute atomic E-state index is 0.0493. The Balaban J connectivity index is 1.40. The van der Waals surface area contributed by atoms with Gasteiger partial charge in [0, 0.05) is 32.4 Å². The topological polar surface area (TPSA) is 372 Å². The molecular formula is C67H90N12O14. The third-order valence-corrected chi connectivity index (χ3v) is 16.7. The number of hydrogen-bond donors (Lipinski definition) is 12. The van der Waals surface area contributed by atoms with E-state index in [0.717, 1.165) is 21.5 Å². The van der Waals surface area contributed by atoms with Gasteiger partial charge in [-0.1, -0.05) is 139 Å². The van der Waals surface area contributed by atoms with Crippen molar-refractivity contribution < 1.29 is 67.7 Å². The highest BCUT2D eigenvalue weighted by Gasteiger charge is 2.45. The van der Waals surface area contributed by atoms with Gasteiger partial charge in [0.1, 0.15) is 48.3 Å². The van der Waals surface area contributed by atoms with Gasteiger partial charge in [0.2, 0.25) is 59.1 Å². The first-order valence-corrected chi connectivity index (χ1v) is 31.3. The van der Waals surface area contributed by atoms with E-state index in [-0.39, 0.29) is 45.2 Å². The standard InChI is InChI=1S/C67H90N12O14/c1-38(68-9)56(82)76-54(66(3,4)5)62(88)71-46-22-12-11-13-23-47(64(90)91)72-60(86)50(35-41-25-27-43-19-15-17-21-45(43)33-41)75-61(87)51-37-78(30-31-79(51)63(89)55(67(6,7)8)77-57(83)39(2)69-10)53(81)36-70-52(80)29-28-48(65(92)93)73-59(85)49(74-58(46)84)34-40-24-26-42-18-14-16-20-44(42)32-40/h11-12,14-21,24-27,32-33,38-39,46-51,54-55,68-69H,13,22-23,28-31,34-37H2,1-10H3,(H,70,80)(H,71,88)(H,72,86)(H,73,85)(H,74,84)(H,75,87)(H,76,82)(H,77,83)(H,90,91)(H,92,93)/b12-11-/t38-,39-,46-,47-,48-,49-,50-,51-,54+,55+/m0/s1. The van der Waals surface area contributed by atoms with Crippen LogP contribution in [0.25, 0.3) is 21.5 Å². The highest BCUT2D eigenvalue weighted by molar-refractivity contribution is 5.99. The van der Waals surface area contributed by atoms with Gasteiger partial charge in [0.25, 0.3) is 0 Å². The number of carboxylic acids is 2. The van der Waals surface area contributed by atoms with E-state index >= 15 is 4.79 Å². The van der Waals surface area contributed by atoms with Crippen molar-refractivity contribution in [1.82, 2.24) is 63.0 Å². The monoisotopic (exact) mass is 1290 g/mol. The smallest absolute Gasteiger partial charge is 0.326 e. The van der Waals surface area contributed by atoms with Crippen LogP contribution < -0.4 is 53.2 Å². The van der Waals surface area contributed by atoms with Crippen molar-refractivity contribution in [2.24, 2.45) is 10.8 Å². The van der Waals surface area contributed by atoms with Gasteiger partial charge in [-0.25, -0.2) is 9.59 Å². The van der Waals surface area contributed by atoms with E-state index in [9.17, 15) is 63.0 Å². The molecule has 12 N–H and O–H groups in total.